The summed E-state index contributed by atoms with van der Waals surface area (Å²) in [5, 5.41) is 10.9. The van der Waals surface area contributed by atoms with E-state index in [0.717, 1.165) is 37.7 Å². The molecule has 2 aromatic rings. The van der Waals surface area contributed by atoms with E-state index in [4.69, 9.17) is 9.47 Å². The van der Waals surface area contributed by atoms with Crippen LogP contribution >= 0.6 is 0 Å². The van der Waals surface area contributed by atoms with Crippen molar-refractivity contribution in [2.75, 3.05) is 20.2 Å². The second-order valence-corrected chi connectivity index (χ2v) is 14.8. The number of hydrogen-bond acceptors (Lipinski definition) is 7. The predicted molar refractivity (Wildman–Crippen MR) is 196 cm³/mol. The minimum Gasteiger partial charge on any atom is -0.455 e. The number of likely N-dealkylation sites (tertiary alicyclic amines) is 1. The van der Waals surface area contributed by atoms with E-state index in [1.54, 1.807) is 24.1 Å². The van der Waals surface area contributed by atoms with Gasteiger partial charge in [0.1, 0.15) is 17.7 Å². The molecule has 1 aliphatic carbocycles. The van der Waals surface area contributed by atoms with E-state index in [1.807, 2.05) is 72.5 Å². The number of amides is 3. The number of carbonyl (C=O) groups is 4. The highest BCUT2D eigenvalue weighted by Crippen LogP contribution is 2.60. The SMILES string of the molecule is C=CCCC(=O)N(C)[C@H](C)[C@H](OC(=O)[C@@H]1[C@H]2C(=O)N([C@H](CO)c3ccccc3)[C@H](C(=O)N(CC=C)C3CCCCC3)[C@]23CC[C@H]1O3)c1ccccc1. The highest BCUT2D eigenvalue weighted by atomic mass is 16.6. The first-order valence-electron chi connectivity index (χ1n) is 18.9. The van der Waals surface area contributed by atoms with Crippen LogP contribution in [0.5, 0.6) is 0 Å². The second kappa shape index (κ2) is 16.2. The van der Waals surface area contributed by atoms with Crippen LogP contribution in [0.2, 0.25) is 0 Å². The Bertz CT molecular complexity index is 1610. The highest BCUT2D eigenvalue weighted by Gasteiger charge is 2.76. The number of fused-ring (bicyclic) bond motifs is 1. The molecule has 0 radical (unpaired) electrons. The fourth-order valence-electron chi connectivity index (χ4n) is 9.23. The molecule has 52 heavy (non-hydrogen) atoms. The number of carbonyl (C=O) groups excluding carboxylic acids is 4. The Balaban J connectivity index is 1.37. The number of rotatable bonds is 15. The molecule has 8 atom stereocenters. The summed E-state index contributed by atoms with van der Waals surface area (Å²) in [7, 11) is 1.70. The molecule has 3 amide bonds. The number of nitrogens with zero attached hydrogens (tertiary/aromatic N) is 3. The van der Waals surface area contributed by atoms with Crippen molar-refractivity contribution in [3.63, 3.8) is 0 Å². The summed E-state index contributed by atoms with van der Waals surface area (Å²) in [6.45, 7) is 9.44. The van der Waals surface area contributed by atoms with E-state index in [9.17, 15) is 19.5 Å². The predicted octanol–water partition coefficient (Wildman–Crippen LogP) is 5.54. The minimum absolute atomic E-state index is 0.00498. The van der Waals surface area contributed by atoms with Gasteiger partial charge in [0, 0.05) is 26.1 Å². The minimum atomic E-state index is -1.27. The molecule has 10 heteroatoms. The Morgan fingerprint density at radius 1 is 1.00 bits per heavy atom. The molecule has 4 aliphatic rings. The van der Waals surface area contributed by atoms with E-state index >= 15 is 4.79 Å². The van der Waals surface area contributed by atoms with Crippen molar-refractivity contribution in [1.29, 1.82) is 0 Å². The molecule has 1 N–H and O–H groups in total. The number of hydrogen-bond donors (Lipinski definition) is 1. The van der Waals surface area contributed by atoms with Crippen LogP contribution in [0.3, 0.4) is 0 Å². The third-order valence-corrected chi connectivity index (χ3v) is 11.9. The van der Waals surface area contributed by atoms with Gasteiger partial charge in [-0.3, -0.25) is 19.2 Å². The number of ether oxygens (including phenoxy) is 2. The number of aliphatic hydroxyl groups excluding tert-OH is 1. The topological polar surface area (TPSA) is 117 Å². The number of aliphatic hydroxyl groups is 1. The Kier molecular flexibility index (Phi) is 11.7. The first-order chi connectivity index (χ1) is 25.2. The van der Waals surface area contributed by atoms with Crippen LogP contribution < -0.4 is 0 Å². The van der Waals surface area contributed by atoms with Gasteiger partial charge in [0.05, 0.1) is 36.6 Å². The molecule has 1 saturated carbocycles. The molecule has 10 nitrogen and oxygen atoms in total. The summed E-state index contributed by atoms with van der Waals surface area (Å²) in [6, 6.07) is 16.1. The van der Waals surface area contributed by atoms with Gasteiger partial charge in [0.15, 0.2) is 0 Å². The lowest BCUT2D eigenvalue weighted by Crippen LogP contribution is -2.59. The molecule has 278 valence electrons. The van der Waals surface area contributed by atoms with Crippen LogP contribution in [0.15, 0.2) is 86.0 Å². The summed E-state index contributed by atoms with van der Waals surface area (Å²) in [4.78, 5) is 62.7. The van der Waals surface area contributed by atoms with E-state index in [1.165, 1.54) is 4.90 Å². The molecule has 3 saturated heterocycles. The maximum Gasteiger partial charge on any atom is 0.313 e. The van der Waals surface area contributed by atoms with E-state index in [-0.39, 0.29) is 24.3 Å². The Morgan fingerprint density at radius 2 is 1.65 bits per heavy atom. The maximum atomic E-state index is 15.1. The van der Waals surface area contributed by atoms with Crippen molar-refractivity contribution in [3.05, 3.63) is 97.1 Å². The average Bonchev–Trinajstić information content (AvgIpc) is 3.83. The molecule has 4 fully saturated rings. The van der Waals surface area contributed by atoms with Crippen molar-refractivity contribution in [2.45, 2.75) is 107 Å². The summed E-state index contributed by atoms with van der Waals surface area (Å²) in [5.74, 6) is -3.29. The van der Waals surface area contributed by atoms with Gasteiger partial charge in [0.2, 0.25) is 17.7 Å². The first-order valence-corrected chi connectivity index (χ1v) is 18.9. The summed E-state index contributed by atoms with van der Waals surface area (Å²) in [5.41, 5.74) is 0.135. The van der Waals surface area contributed by atoms with Gasteiger partial charge < -0.3 is 29.3 Å². The normalized spacial score (nSPS) is 27.0. The zero-order valence-electron chi connectivity index (χ0n) is 30.5. The molecule has 2 bridgehead atoms. The number of likely N-dealkylation sites (N-methyl/N-ethyl adjacent to an activating group) is 1. The van der Waals surface area contributed by atoms with Crippen molar-refractivity contribution in [1.82, 2.24) is 14.7 Å². The van der Waals surface area contributed by atoms with Gasteiger partial charge >= 0.3 is 5.97 Å². The first kappa shape index (κ1) is 37.5. The lowest BCUT2D eigenvalue weighted by molar-refractivity contribution is -0.165. The van der Waals surface area contributed by atoms with Crippen LogP contribution in [0.1, 0.15) is 88.0 Å². The van der Waals surface area contributed by atoms with E-state index in [2.05, 4.69) is 13.2 Å². The van der Waals surface area contributed by atoms with Crippen LogP contribution in [0, 0.1) is 11.8 Å². The van der Waals surface area contributed by atoms with Gasteiger partial charge in [-0.05, 0) is 50.2 Å². The van der Waals surface area contributed by atoms with Gasteiger partial charge in [-0.15, -0.1) is 13.2 Å². The van der Waals surface area contributed by atoms with Gasteiger partial charge in [0.25, 0.3) is 0 Å². The lowest BCUT2D eigenvalue weighted by Gasteiger charge is -2.42. The van der Waals surface area contributed by atoms with Crippen LogP contribution in [-0.2, 0) is 28.7 Å². The zero-order valence-corrected chi connectivity index (χ0v) is 30.5. The largest absolute Gasteiger partial charge is 0.455 e. The molecule has 0 unspecified atom stereocenters. The molecule has 3 heterocycles. The van der Waals surface area contributed by atoms with Gasteiger partial charge in [-0.1, -0.05) is 92.1 Å². The fraction of sp³-hybridized carbons (Fsp3) is 0.524. The summed E-state index contributed by atoms with van der Waals surface area (Å²) in [6.07, 6.45) is 8.54. The van der Waals surface area contributed by atoms with Crippen molar-refractivity contribution >= 4 is 23.7 Å². The number of esters is 1. The van der Waals surface area contributed by atoms with Gasteiger partial charge in [-0.25, -0.2) is 0 Å². The number of allylic oxidation sites excluding steroid dienone is 1. The fourth-order valence-corrected chi connectivity index (χ4v) is 9.23. The standard InChI is InChI=1S/C42H53N3O7/c1-5-7-23-34(47)43(4)28(3)37(30-19-13-9-14-20-30)51-41(50)35-33-24-25-42(52-33)36(35)39(48)45(32(27-46)29-17-11-8-12-18-29)38(42)40(49)44(26-6-2)31-21-15-10-16-22-31/h5-6,8-9,11-14,17-20,28,31-33,35-38,46H,1-2,7,10,15-16,21-27H2,3-4H3/t28-,32-,33-,35+,36+,37+,38-,42+/m1/s1. The smallest absolute Gasteiger partial charge is 0.313 e. The summed E-state index contributed by atoms with van der Waals surface area (Å²) < 4.78 is 13.2. The van der Waals surface area contributed by atoms with E-state index in [0.29, 0.717) is 31.4 Å². The Morgan fingerprint density at radius 3 is 2.27 bits per heavy atom. The lowest BCUT2D eigenvalue weighted by atomic mass is 9.70. The molecular weight excluding hydrogens is 658 g/mol. The quantitative estimate of drug-likeness (QED) is 0.191. The molecule has 2 aromatic carbocycles. The van der Waals surface area contributed by atoms with Crippen LogP contribution in [0.4, 0.5) is 0 Å². The van der Waals surface area contributed by atoms with Crippen molar-refractivity contribution < 1.29 is 33.8 Å². The van der Waals surface area contributed by atoms with Gasteiger partial charge in [-0.2, -0.15) is 0 Å². The summed E-state index contributed by atoms with van der Waals surface area (Å²) >= 11 is 0. The van der Waals surface area contributed by atoms with Crippen molar-refractivity contribution in [2.24, 2.45) is 11.8 Å². The van der Waals surface area contributed by atoms with Crippen LogP contribution in [0.25, 0.3) is 0 Å². The molecule has 1 spiro atoms. The maximum absolute atomic E-state index is 15.1. The van der Waals surface area contributed by atoms with Crippen molar-refractivity contribution in [3.8, 4) is 0 Å². The highest BCUT2D eigenvalue weighted by molar-refractivity contribution is 5.98. The monoisotopic (exact) mass is 711 g/mol. The van der Waals surface area contributed by atoms with Crippen LogP contribution in [-0.4, -0.2) is 93.5 Å². The number of benzene rings is 2. The molecular formula is C42H53N3O7. The average molecular weight is 712 g/mol. The third-order valence-electron chi connectivity index (χ3n) is 11.9. The molecule has 3 aliphatic heterocycles. The zero-order chi connectivity index (χ0) is 37.0. The third kappa shape index (κ3) is 6.83. The van der Waals surface area contributed by atoms with E-state index < -0.39 is 66.3 Å². The second-order valence-electron chi connectivity index (χ2n) is 14.8. The Labute approximate surface area is 307 Å². The molecule has 0 aromatic heterocycles. The molecule has 6 rings (SSSR count). The Hall–Kier alpha value is -4.28.